The fourth-order valence-corrected chi connectivity index (χ4v) is 1.53. The molecule has 1 rings (SSSR count). The average molecular weight is 256 g/mol. The van der Waals surface area contributed by atoms with Gasteiger partial charge in [0.05, 0.1) is 6.07 Å². The molecule has 1 heterocycles. The van der Waals surface area contributed by atoms with Gasteiger partial charge in [-0.2, -0.15) is 27.2 Å². The number of hydrogen-bond donors (Lipinski definition) is 0. The highest BCUT2D eigenvalue weighted by atomic mass is 19.4. The van der Waals surface area contributed by atoms with E-state index in [9.17, 15) is 26.7 Å². The van der Waals surface area contributed by atoms with Gasteiger partial charge < -0.3 is 4.90 Å². The van der Waals surface area contributed by atoms with Gasteiger partial charge >= 0.3 is 18.0 Å². The van der Waals surface area contributed by atoms with E-state index in [0.29, 0.717) is 4.90 Å². The van der Waals surface area contributed by atoms with Crippen LogP contribution in [0.2, 0.25) is 0 Å². The van der Waals surface area contributed by atoms with Crippen LogP contribution in [0.5, 0.6) is 0 Å². The van der Waals surface area contributed by atoms with Crippen molar-refractivity contribution in [1.29, 1.82) is 5.26 Å². The number of hydrogen-bond acceptors (Lipinski definition) is 2. The quantitative estimate of drug-likeness (QED) is 0.673. The third-order valence-electron chi connectivity index (χ3n) is 2.59. The van der Waals surface area contributed by atoms with Gasteiger partial charge in [0.15, 0.2) is 0 Å². The first-order valence-electron chi connectivity index (χ1n) is 4.83. The maximum Gasteiger partial charge on any atom is 0.463 e. The van der Waals surface area contributed by atoms with Gasteiger partial charge in [-0.05, 0) is 12.8 Å². The molecule has 1 saturated heterocycles. The molecule has 1 amide bonds. The highest BCUT2D eigenvalue weighted by molar-refractivity contribution is 5.84. The van der Waals surface area contributed by atoms with E-state index in [4.69, 9.17) is 5.26 Å². The Morgan fingerprint density at radius 3 is 2.00 bits per heavy atom. The van der Waals surface area contributed by atoms with Gasteiger partial charge in [-0.25, -0.2) is 0 Å². The van der Waals surface area contributed by atoms with E-state index in [0.717, 1.165) is 0 Å². The van der Waals surface area contributed by atoms with Crippen LogP contribution in [-0.2, 0) is 4.79 Å². The molecule has 0 aromatic heterocycles. The van der Waals surface area contributed by atoms with Crippen LogP contribution < -0.4 is 0 Å². The molecule has 1 aliphatic heterocycles. The van der Waals surface area contributed by atoms with Gasteiger partial charge in [0.25, 0.3) is 0 Å². The summed E-state index contributed by atoms with van der Waals surface area (Å²) in [7, 11) is 0. The molecule has 17 heavy (non-hydrogen) atoms. The minimum Gasteiger partial charge on any atom is -0.337 e. The number of carbonyl (C=O) groups is 1. The van der Waals surface area contributed by atoms with Gasteiger partial charge in [0.1, 0.15) is 0 Å². The smallest absolute Gasteiger partial charge is 0.337 e. The molecule has 1 aliphatic rings. The molecule has 0 saturated carbocycles. The molecule has 1 fully saturated rings. The molecule has 0 spiro atoms. The normalized spacial score (nSPS) is 18.9. The molecule has 0 N–H and O–H groups in total. The summed E-state index contributed by atoms with van der Waals surface area (Å²) in [5, 5.41) is 8.52. The van der Waals surface area contributed by atoms with E-state index in [1.807, 2.05) is 6.07 Å². The van der Waals surface area contributed by atoms with Crippen molar-refractivity contribution in [2.75, 3.05) is 13.1 Å². The van der Waals surface area contributed by atoms with E-state index in [-0.39, 0.29) is 25.9 Å². The summed E-state index contributed by atoms with van der Waals surface area (Å²) in [6.07, 6.45) is -5.64. The van der Waals surface area contributed by atoms with Crippen LogP contribution in [-0.4, -0.2) is 36.0 Å². The molecule has 0 atom stereocenters. The lowest BCUT2D eigenvalue weighted by Gasteiger charge is -2.32. The lowest BCUT2D eigenvalue weighted by atomic mass is 9.98. The molecule has 0 aromatic carbocycles. The predicted molar refractivity (Wildman–Crippen MR) is 45.9 cm³/mol. The summed E-state index contributed by atoms with van der Waals surface area (Å²) in [6.45, 7) is -0.495. The fraction of sp³-hybridized carbons (Fsp3) is 0.778. The van der Waals surface area contributed by atoms with Crippen molar-refractivity contribution in [2.24, 2.45) is 5.92 Å². The second-order valence-electron chi connectivity index (χ2n) is 3.77. The van der Waals surface area contributed by atoms with Crippen LogP contribution >= 0.6 is 0 Å². The zero-order valence-corrected chi connectivity index (χ0v) is 8.60. The van der Waals surface area contributed by atoms with Crippen molar-refractivity contribution in [2.45, 2.75) is 24.9 Å². The molecule has 96 valence electrons. The molecule has 8 heteroatoms. The molecule has 0 radical (unpaired) electrons. The summed E-state index contributed by atoms with van der Waals surface area (Å²) in [5.41, 5.74) is 0. The lowest BCUT2D eigenvalue weighted by Crippen LogP contribution is -2.53. The van der Waals surface area contributed by atoms with Crippen molar-refractivity contribution in [1.82, 2.24) is 4.90 Å². The van der Waals surface area contributed by atoms with E-state index >= 15 is 0 Å². The molecule has 3 nitrogen and oxygen atoms in total. The summed E-state index contributed by atoms with van der Waals surface area (Å²) >= 11 is 0. The Labute approximate surface area is 93.8 Å². The van der Waals surface area contributed by atoms with E-state index in [1.165, 1.54) is 0 Å². The van der Waals surface area contributed by atoms with Crippen LogP contribution in [0.25, 0.3) is 0 Å². The zero-order valence-electron chi connectivity index (χ0n) is 8.60. The SMILES string of the molecule is N#CC1CCN(C(=O)C(F)(F)C(F)(F)F)CC1. The Morgan fingerprint density at radius 1 is 1.18 bits per heavy atom. The highest BCUT2D eigenvalue weighted by Gasteiger charge is 2.64. The van der Waals surface area contributed by atoms with Gasteiger partial charge in [-0.1, -0.05) is 0 Å². The fourth-order valence-electron chi connectivity index (χ4n) is 1.53. The van der Waals surface area contributed by atoms with Crippen LogP contribution in [0.1, 0.15) is 12.8 Å². The lowest BCUT2D eigenvalue weighted by molar-refractivity contribution is -0.274. The zero-order chi connectivity index (χ0) is 13.3. The summed E-state index contributed by atoms with van der Waals surface area (Å²) in [6, 6.07) is 1.88. The first-order valence-corrected chi connectivity index (χ1v) is 4.83. The van der Waals surface area contributed by atoms with E-state index in [2.05, 4.69) is 0 Å². The number of amides is 1. The first-order chi connectivity index (χ1) is 7.70. The van der Waals surface area contributed by atoms with Gasteiger partial charge in [-0.15, -0.1) is 0 Å². The van der Waals surface area contributed by atoms with Crippen molar-refractivity contribution in [3.8, 4) is 6.07 Å². The van der Waals surface area contributed by atoms with E-state index in [1.54, 1.807) is 0 Å². The Morgan fingerprint density at radius 2 is 1.65 bits per heavy atom. The number of rotatable bonds is 1. The van der Waals surface area contributed by atoms with Crippen molar-refractivity contribution in [3.63, 3.8) is 0 Å². The molecular weight excluding hydrogens is 247 g/mol. The average Bonchev–Trinajstić information content (AvgIpc) is 2.26. The number of alkyl halides is 5. The molecular formula is C9H9F5N2O. The molecule has 0 bridgehead atoms. The van der Waals surface area contributed by atoms with Crippen LogP contribution in [0.3, 0.4) is 0 Å². The Balaban J connectivity index is 2.70. The number of carbonyl (C=O) groups excluding carboxylic acids is 1. The monoisotopic (exact) mass is 256 g/mol. The number of likely N-dealkylation sites (tertiary alicyclic amines) is 1. The predicted octanol–water partition coefficient (Wildman–Crippen LogP) is 1.95. The maximum atomic E-state index is 12.7. The standard InChI is InChI=1S/C9H9F5N2O/c10-8(11,9(12,13)14)7(17)16-3-1-6(5-15)2-4-16/h6H,1-4H2. The first kappa shape index (κ1) is 13.7. The minimum absolute atomic E-state index is 0.121. The van der Waals surface area contributed by atoms with Crippen molar-refractivity contribution < 1.29 is 26.7 Å². The van der Waals surface area contributed by atoms with Gasteiger partial charge in [-0.3, -0.25) is 4.79 Å². The second kappa shape index (κ2) is 4.47. The summed E-state index contributed by atoms with van der Waals surface area (Å²) in [4.78, 5) is 11.5. The topological polar surface area (TPSA) is 44.1 Å². The van der Waals surface area contributed by atoms with Crippen LogP contribution in [0.4, 0.5) is 22.0 Å². The van der Waals surface area contributed by atoms with Gasteiger partial charge in [0.2, 0.25) is 0 Å². The van der Waals surface area contributed by atoms with Crippen molar-refractivity contribution >= 4 is 5.91 Å². The van der Waals surface area contributed by atoms with Crippen molar-refractivity contribution in [3.05, 3.63) is 0 Å². The number of nitriles is 1. The Bertz CT molecular complexity index is 338. The third-order valence-corrected chi connectivity index (χ3v) is 2.59. The maximum absolute atomic E-state index is 12.7. The minimum atomic E-state index is -5.88. The highest BCUT2D eigenvalue weighted by Crippen LogP contribution is 2.37. The third kappa shape index (κ3) is 2.65. The molecule has 0 unspecified atom stereocenters. The number of piperidine rings is 1. The largest absolute Gasteiger partial charge is 0.463 e. The van der Waals surface area contributed by atoms with Crippen LogP contribution in [0.15, 0.2) is 0 Å². The van der Waals surface area contributed by atoms with Gasteiger partial charge in [0, 0.05) is 19.0 Å². The van der Waals surface area contributed by atoms with E-state index < -0.39 is 23.9 Å². The molecule has 0 aliphatic carbocycles. The Hall–Kier alpha value is -1.39. The second-order valence-corrected chi connectivity index (χ2v) is 3.77. The molecule has 0 aromatic rings. The van der Waals surface area contributed by atoms with Crippen LogP contribution in [0, 0.1) is 17.2 Å². The number of halogens is 5. The Kier molecular flexibility index (Phi) is 3.59. The summed E-state index contributed by atoms with van der Waals surface area (Å²) in [5.74, 6) is -7.98. The summed E-state index contributed by atoms with van der Waals surface area (Å²) < 4.78 is 61.2. The number of nitrogens with zero attached hydrogens (tertiary/aromatic N) is 2.